The predicted octanol–water partition coefficient (Wildman–Crippen LogP) is 4.77. The van der Waals surface area contributed by atoms with Crippen LogP contribution in [0.2, 0.25) is 0 Å². The molecule has 0 radical (unpaired) electrons. The third kappa shape index (κ3) is 7.90. The number of amides is 1. The molecule has 0 aromatic heterocycles. The fourth-order valence-electron chi connectivity index (χ4n) is 5.27. The van der Waals surface area contributed by atoms with Crippen LogP contribution in [0.1, 0.15) is 51.0 Å². The van der Waals surface area contributed by atoms with E-state index in [0.29, 0.717) is 39.3 Å². The molecule has 2 aliphatic heterocycles. The Morgan fingerprint density at radius 2 is 1.71 bits per heavy atom. The van der Waals surface area contributed by atoms with Crippen LogP contribution < -0.4 is 5.48 Å². The lowest BCUT2D eigenvalue weighted by atomic mass is 9.95. The van der Waals surface area contributed by atoms with Crippen molar-refractivity contribution < 1.29 is 36.3 Å². The topological polar surface area (TPSA) is 94.2 Å². The number of likely N-dealkylation sites (tertiary alicyclic amines) is 1. The van der Waals surface area contributed by atoms with Crippen LogP contribution in [0.15, 0.2) is 53.4 Å². The van der Waals surface area contributed by atoms with E-state index in [9.17, 15) is 22.0 Å². The van der Waals surface area contributed by atoms with Gasteiger partial charge in [0, 0.05) is 46.2 Å². The van der Waals surface area contributed by atoms with Crippen molar-refractivity contribution in [2.75, 3.05) is 40.0 Å². The van der Waals surface area contributed by atoms with Crippen molar-refractivity contribution in [3.8, 4) is 11.1 Å². The minimum atomic E-state index is -4.11. The van der Waals surface area contributed by atoms with Gasteiger partial charge in [-0.3, -0.25) is 4.79 Å². The summed E-state index contributed by atoms with van der Waals surface area (Å²) >= 11 is 0. The molecule has 2 aromatic carbocycles. The highest BCUT2D eigenvalue weighted by Crippen LogP contribution is 2.37. The minimum absolute atomic E-state index is 0.0532. The molecule has 0 saturated carbocycles. The van der Waals surface area contributed by atoms with Crippen LogP contribution >= 0.6 is 0 Å². The zero-order chi connectivity index (χ0) is 29.5. The second kappa shape index (κ2) is 13.7. The average molecular weight is 595 g/mol. The van der Waals surface area contributed by atoms with E-state index in [2.05, 4.69) is 10.4 Å². The lowest BCUT2D eigenvalue weighted by molar-refractivity contribution is -0.202. The van der Waals surface area contributed by atoms with E-state index in [-0.39, 0.29) is 30.6 Å². The highest BCUT2D eigenvalue weighted by atomic mass is 32.2. The number of carbonyl (C=O) groups excluding carboxylic acids is 1. The molecule has 2 heterocycles. The number of hydrogen-bond donors (Lipinski definition) is 1. The molecule has 1 atom stereocenters. The maximum Gasteiger partial charge on any atom is 0.265 e. The molecule has 0 spiro atoms. The summed E-state index contributed by atoms with van der Waals surface area (Å²) in [7, 11) is -2.49. The zero-order valence-corrected chi connectivity index (χ0v) is 24.6. The van der Waals surface area contributed by atoms with Crippen LogP contribution in [0.3, 0.4) is 0 Å². The summed E-state index contributed by atoms with van der Waals surface area (Å²) < 4.78 is 63.6. The van der Waals surface area contributed by atoms with Crippen LogP contribution in [0.4, 0.5) is 8.78 Å². The van der Waals surface area contributed by atoms with Crippen molar-refractivity contribution in [3.05, 3.63) is 54.1 Å². The SMILES string of the molecule is COCCN1CCC(C(=O)NOC2CCCCO2)(S(=O)(=O)c2ccc(-c3ccc(CCC(C)(F)F)cc3)cc2)CC1. The number of rotatable bonds is 12. The third-order valence-corrected chi connectivity index (χ3v) is 10.4. The summed E-state index contributed by atoms with van der Waals surface area (Å²) in [6.07, 6.45) is 2.11. The number of piperidine rings is 1. The van der Waals surface area contributed by atoms with Crippen molar-refractivity contribution >= 4 is 15.7 Å². The first-order chi connectivity index (χ1) is 19.5. The largest absolute Gasteiger partial charge is 0.383 e. The van der Waals surface area contributed by atoms with Gasteiger partial charge in [-0.2, -0.15) is 0 Å². The molecule has 2 fully saturated rings. The van der Waals surface area contributed by atoms with Crippen molar-refractivity contribution in [2.45, 2.75) is 73.7 Å². The van der Waals surface area contributed by atoms with Gasteiger partial charge in [0.15, 0.2) is 20.9 Å². The first-order valence-electron chi connectivity index (χ1n) is 14.1. The Hall–Kier alpha value is -2.44. The lowest BCUT2D eigenvalue weighted by Gasteiger charge is -2.40. The molecule has 41 heavy (non-hydrogen) atoms. The number of hydrogen-bond acceptors (Lipinski definition) is 7. The van der Waals surface area contributed by atoms with Gasteiger partial charge in [0.2, 0.25) is 5.92 Å². The molecule has 11 heteroatoms. The smallest absolute Gasteiger partial charge is 0.265 e. The van der Waals surface area contributed by atoms with Crippen LogP contribution in [-0.4, -0.2) is 76.1 Å². The number of alkyl halides is 2. The monoisotopic (exact) mass is 594 g/mol. The molecule has 2 aliphatic rings. The van der Waals surface area contributed by atoms with Gasteiger partial charge in [-0.05, 0) is 67.9 Å². The number of nitrogens with zero attached hydrogens (tertiary/aromatic N) is 1. The van der Waals surface area contributed by atoms with Crippen molar-refractivity contribution in [2.24, 2.45) is 0 Å². The van der Waals surface area contributed by atoms with Crippen molar-refractivity contribution in [1.29, 1.82) is 0 Å². The Bertz CT molecular complexity index is 1240. The van der Waals surface area contributed by atoms with E-state index in [1.165, 1.54) is 12.1 Å². The quantitative estimate of drug-likeness (QED) is 0.354. The Balaban J connectivity index is 1.52. The third-order valence-electron chi connectivity index (χ3n) is 7.93. The maximum atomic E-state index is 14.1. The molecule has 2 saturated heterocycles. The van der Waals surface area contributed by atoms with E-state index in [1.54, 1.807) is 31.4 Å². The van der Waals surface area contributed by atoms with Crippen molar-refractivity contribution in [1.82, 2.24) is 10.4 Å². The number of carbonyl (C=O) groups is 1. The Labute approximate surface area is 241 Å². The molecule has 1 N–H and O–H groups in total. The molecule has 1 unspecified atom stereocenters. The van der Waals surface area contributed by atoms with Crippen molar-refractivity contribution in [3.63, 3.8) is 0 Å². The zero-order valence-electron chi connectivity index (χ0n) is 23.7. The van der Waals surface area contributed by atoms with Crippen LogP contribution in [0, 0.1) is 0 Å². The first-order valence-corrected chi connectivity index (χ1v) is 15.6. The molecule has 2 aromatic rings. The molecular weight excluding hydrogens is 554 g/mol. The van der Waals surface area contributed by atoms with E-state index in [4.69, 9.17) is 14.3 Å². The lowest BCUT2D eigenvalue weighted by Crippen LogP contribution is -2.58. The van der Waals surface area contributed by atoms with Crippen LogP contribution in [0.5, 0.6) is 0 Å². The number of methoxy groups -OCH3 is 1. The van der Waals surface area contributed by atoms with Gasteiger partial charge in [0.25, 0.3) is 5.91 Å². The Morgan fingerprint density at radius 3 is 2.27 bits per heavy atom. The first kappa shape index (κ1) is 31.5. The number of halogens is 2. The van der Waals surface area contributed by atoms with E-state index < -0.39 is 32.7 Å². The number of benzene rings is 2. The van der Waals surface area contributed by atoms with Gasteiger partial charge in [0.05, 0.1) is 11.5 Å². The highest BCUT2D eigenvalue weighted by molar-refractivity contribution is 7.93. The fraction of sp³-hybridized carbons (Fsp3) is 0.567. The van der Waals surface area contributed by atoms with Crippen LogP contribution in [-0.2, 0) is 35.4 Å². The summed E-state index contributed by atoms with van der Waals surface area (Å²) in [6, 6.07) is 13.7. The van der Waals surface area contributed by atoms with Gasteiger partial charge in [0.1, 0.15) is 0 Å². The summed E-state index contributed by atoms with van der Waals surface area (Å²) in [5.41, 5.74) is 4.84. The normalized spacial score (nSPS) is 20.0. The molecule has 8 nitrogen and oxygen atoms in total. The Kier molecular flexibility index (Phi) is 10.5. The molecule has 0 aliphatic carbocycles. The molecular formula is C30H40F2N2O6S. The van der Waals surface area contributed by atoms with Gasteiger partial charge < -0.3 is 14.4 Å². The second-order valence-electron chi connectivity index (χ2n) is 11.0. The highest BCUT2D eigenvalue weighted by Gasteiger charge is 2.53. The summed E-state index contributed by atoms with van der Waals surface area (Å²) in [5.74, 6) is -3.40. The summed E-state index contributed by atoms with van der Waals surface area (Å²) in [5, 5.41) is 0. The molecule has 4 rings (SSSR count). The molecule has 1 amide bonds. The number of ether oxygens (including phenoxy) is 2. The van der Waals surface area contributed by atoms with E-state index in [0.717, 1.165) is 36.5 Å². The standard InChI is InChI=1S/C30H40F2N2O6S/c1-29(31,32)15-14-23-6-8-24(9-7-23)25-10-12-26(13-11-25)41(36,37)30(16-18-34(19-17-30)20-22-38-2)28(35)33-40-27-5-3-4-21-39-27/h6-13,27H,3-5,14-22H2,1-2H3,(H,33,35). The fourth-order valence-corrected chi connectivity index (χ4v) is 7.22. The van der Waals surface area contributed by atoms with Gasteiger partial charge in [-0.15, -0.1) is 0 Å². The number of hydroxylamine groups is 1. The molecule has 0 bridgehead atoms. The summed E-state index contributed by atoms with van der Waals surface area (Å²) in [4.78, 5) is 21.2. The van der Waals surface area contributed by atoms with Gasteiger partial charge in [-0.25, -0.2) is 27.5 Å². The Morgan fingerprint density at radius 1 is 1.07 bits per heavy atom. The average Bonchev–Trinajstić information content (AvgIpc) is 2.98. The van der Waals surface area contributed by atoms with Crippen LogP contribution in [0.25, 0.3) is 11.1 Å². The minimum Gasteiger partial charge on any atom is -0.383 e. The molecule has 226 valence electrons. The van der Waals surface area contributed by atoms with Gasteiger partial charge >= 0.3 is 0 Å². The van der Waals surface area contributed by atoms with E-state index >= 15 is 0 Å². The number of sulfone groups is 1. The predicted molar refractivity (Wildman–Crippen MR) is 151 cm³/mol. The number of nitrogens with one attached hydrogen (secondary N) is 1. The maximum absolute atomic E-state index is 14.1. The number of aryl methyl sites for hydroxylation is 1. The van der Waals surface area contributed by atoms with E-state index in [1.807, 2.05) is 12.1 Å². The summed E-state index contributed by atoms with van der Waals surface area (Å²) in [6.45, 7) is 3.45. The second-order valence-corrected chi connectivity index (χ2v) is 13.2. The van der Waals surface area contributed by atoms with Gasteiger partial charge in [-0.1, -0.05) is 36.4 Å².